The van der Waals surface area contributed by atoms with Gasteiger partial charge in [0.1, 0.15) is 0 Å². The van der Waals surface area contributed by atoms with E-state index in [1.165, 1.54) is 37.8 Å². The lowest BCUT2D eigenvalue weighted by Gasteiger charge is -2.08. The van der Waals surface area contributed by atoms with Crippen molar-refractivity contribution in [3.8, 4) is 5.69 Å². The second-order valence-electron chi connectivity index (χ2n) is 4.84. The van der Waals surface area contributed by atoms with Crippen LogP contribution in [0.3, 0.4) is 0 Å². The van der Waals surface area contributed by atoms with Crippen molar-refractivity contribution in [2.75, 3.05) is 11.9 Å². The molecule has 0 aliphatic carbocycles. The van der Waals surface area contributed by atoms with Crippen LogP contribution in [0.5, 0.6) is 0 Å². The molecule has 3 heteroatoms. The zero-order chi connectivity index (χ0) is 13.3. The molecule has 0 atom stereocenters. The van der Waals surface area contributed by atoms with Gasteiger partial charge in [0, 0.05) is 24.6 Å². The van der Waals surface area contributed by atoms with Crippen LogP contribution in [0, 0.1) is 0 Å². The Morgan fingerprint density at radius 1 is 1.11 bits per heavy atom. The van der Waals surface area contributed by atoms with Crippen LogP contribution < -0.4 is 5.32 Å². The van der Waals surface area contributed by atoms with E-state index in [1.807, 2.05) is 16.9 Å². The Morgan fingerprint density at radius 2 is 2.00 bits per heavy atom. The molecule has 0 unspecified atom stereocenters. The molecule has 0 amide bonds. The van der Waals surface area contributed by atoms with Gasteiger partial charge in [0.15, 0.2) is 0 Å². The molecule has 0 aliphatic rings. The SMILES string of the molecule is CCCCCCCNc1cccc(-n2cccn2)c1. The Labute approximate surface area is 115 Å². The minimum atomic E-state index is 1.05. The summed E-state index contributed by atoms with van der Waals surface area (Å²) in [5.41, 5.74) is 2.27. The molecule has 0 saturated carbocycles. The summed E-state index contributed by atoms with van der Waals surface area (Å²) in [4.78, 5) is 0. The van der Waals surface area contributed by atoms with Gasteiger partial charge in [0.05, 0.1) is 5.69 Å². The van der Waals surface area contributed by atoms with E-state index in [4.69, 9.17) is 0 Å². The minimum absolute atomic E-state index is 1.05. The van der Waals surface area contributed by atoms with Crippen molar-refractivity contribution < 1.29 is 0 Å². The topological polar surface area (TPSA) is 29.9 Å². The predicted molar refractivity (Wildman–Crippen MR) is 80.8 cm³/mol. The van der Waals surface area contributed by atoms with Gasteiger partial charge in [-0.15, -0.1) is 0 Å². The first-order valence-corrected chi connectivity index (χ1v) is 7.24. The van der Waals surface area contributed by atoms with E-state index in [0.717, 1.165) is 12.2 Å². The number of benzene rings is 1. The average Bonchev–Trinajstić information content (AvgIpc) is 2.97. The molecule has 1 heterocycles. The van der Waals surface area contributed by atoms with Crippen molar-refractivity contribution in [1.82, 2.24) is 9.78 Å². The van der Waals surface area contributed by atoms with Crippen LogP contribution >= 0.6 is 0 Å². The molecule has 0 saturated heterocycles. The van der Waals surface area contributed by atoms with Crippen molar-refractivity contribution in [2.24, 2.45) is 0 Å². The van der Waals surface area contributed by atoms with Gasteiger partial charge in [-0.3, -0.25) is 0 Å². The van der Waals surface area contributed by atoms with Crippen LogP contribution in [0.2, 0.25) is 0 Å². The molecule has 0 spiro atoms. The van der Waals surface area contributed by atoms with E-state index < -0.39 is 0 Å². The standard InChI is InChI=1S/C16H23N3/c1-2-3-4-5-6-11-17-15-9-7-10-16(14-15)19-13-8-12-18-19/h7-10,12-14,17H,2-6,11H2,1H3. The van der Waals surface area contributed by atoms with Crippen LogP contribution in [0.1, 0.15) is 39.0 Å². The van der Waals surface area contributed by atoms with Gasteiger partial charge >= 0.3 is 0 Å². The number of unbranched alkanes of at least 4 members (excludes halogenated alkanes) is 4. The summed E-state index contributed by atoms with van der Waals surface area (Å²) in [6.07, 6.45) is 10.3. The number of aromatic nitrogens is 2. The fourth-order valence-corrected chi connectivity index (χ4v) is 2.14. The van der Waals surface area contributed by atoms with E-state index in [-0.39, 0.29) is 0 Å². The zero-order valence-electron chi connectivity index (χ0n) is 11.7. The fourth-order valence-electron chi connectivity index (χ4n) is 2.14. The van der Waals surface area contributed by atoms with Crippen LogP contribution in [0.25, 0.3) is 5.69 Å². The number of nitrogens with zero attached hydrogens (tertiary/aromatic N) is 2. The number of nitrogens with one attached hydrogen (secondary N) is 1. The molecule has 1 aromatic carbocycles. The highest BCUT2D eigenvalue weighted by atomic mass is 15.3. The molecule has 0 aliphatic heterocycles. The molecule has 2 rings (SSSR count). The molecule has 0 bridgehead atoms. The summed E-state index contributed by atoms with van der Waals surface area (Å²) in [7, 11) is 0. The highest BCUT2D eigenvalue weighted by molar-refractivity contribution is 5.50. The summed E-state index contributed by atoms with van der Waals surface area (Å²) in [6, 6.07) is 10.3. The first-order valence-electron chi connectivity index (χ1n) is 7.24. The largest absolute Gasteiger partial charge is 0.385 e. The van der Waals surface area contributed by atoms with Gasteiger partial charge in [-0.2, -0.15) is 5.10 Å². The lowest BCUT2D eigenvalue weighted by molar-refractivity contribution is 0.645. The second kappa shape index (κ2) is 7.62. The zero-order valence-corrected chi connectivity index (χ0v) is 11.7. The van der Waals surface area contributed by atoms with Crippen LogP contribution in [-0.4, -0.2) is 16.3 Å². The van der Waals surface area contributed by atoms with Crippen LogP contribution in [-0.2, 0) is 0 Å². The van der Waals surface area contributed by atoms with E-state index >= 15 is 0 Å². The summed E-state index contributed by atoms with van der Waals surface area (Å²) in [5, 5.41) is 7.73. The maximum Gasteiger partial charge on any atom is 0.0666 e. The summed E-state index contributed by atoms with van der Waals surface area (Å²) < 4.78 is 1.88. The number of hydrogen-bond donors (Lipinski definition) is 1. The van der Waals surface area contributed by atoms with Gasteiger partial charge in [0.2, 0.25) is 0 Å². The Bertz CT molecular complexity index is 463. The van der Waals surface area contributed by atoms with Crippen molar-refractivity contribution >= 4 is 5.69 Å². The maximum atomic E-state index is 4.25. The third-order valence-electron chi connectivity index (χ3n) is 3.22. The molecule has 0 fully saturated rings. The van der Waals surface area contributed by atoms with E-state index in [9.17, 15) is 0 Å². The minimum Gasteiger partial charge on any atom is -0.385 e. The molecule has 1 aromatic heterocycles. The highest BCUT2D eigenvalue weighted by Gasteiger charge is 1.98. The molecule has 2 aromatic rings. The summed E-state index contributed by atoms with van der Waals surface area (Å²) >= 11 is 0. The monoisotopic (exact) mass is 257 g/mol. The third-order valence-corrected chi connectivity index (χ3v) is 3.22. The van der Waals surface area contributed by atoms with Crippen molar-refractivity contribution in [1.29, 1.82) is 0 Å². The molecule has 102 valence electrons. The Hall–Kier alpha value is -1.77. The third kappa shape index (κ3) is 4.43. The first-order chi connectivity index (χ1) is 9.40. The summed E-state index contributed by atoms with van der Waals surface area (Å²) in [6.45, 7) is 3.30. The van der Waals surface area contributed by atoms with Gasteiger partial charge in [-0.1, -0.05) is 38.7 Å². The number of rotatable bonds is 8. The molecule has 19 heavy (non-hydrogen) atoms. The predicted octanol–water partition coefficient (Wildman–Crippen LogP) is 4.25. The smallest absolute Gasteiger partial charge is 0.0666 e. The molecule has 1 N–H and O–H groups in total. The Kier molecular flexibility index (Phi) is 5.48. The first kappa shape index (κ1) is 13.7. The van der Waals surface area contributed by atoms with Crippen molar-refractivity contribution in [3.63, 3.8) is 0 Å². The second-order valence-corrected chi connectivity index (χ2v) is 4.84. The lowest BCUT2D eigenvalue weighted by Crippen LogP contribution is -2.02. The average molecular weight is 257 g/mol. The Morgan fingerprint density at radius 3 is 2.79 bits per heavy atom. The Balaban J connectivity index is 1.79. The van der Waals surface area contributed by atoms with Gasteiger partial charge in [-0.25, -0.2) is 4.68 Å². The van der Waals surface area contributed by atoms with E-state index in [1.54, 1.807) is 6.20 Å². The fraction of sp³-hybridized carbons (Fsp3) is 0.438. The maximum absolute atomic E-state index is 4.25. The quantitative estimate of drug-likeness (QED) is 0.716. The van der Waals surface area contributed by atoms with Crippen molar-refractivity contribution in [2.45, 2.75) is 39.0 Å². The molecular weight excluding hydrogens is 234 g/mol. The van der Waals surface area contributed by atoms with Crippen LogP contribution in [0.15, 0.2) is 42.7 Å². The normalized spacial score (nSPS) is 10.6. The summed E-state index contributed by atoms with van der Waals surface area (Å²) in [5.74, 6) is 0. The highest BCUT2D eigenvalue weighted by Crippen LogP contribution is 2.14. The molecular formula is C16H23N3. The van der Waals surface area contributed by atoms with Crippen molar-refractivity contribution in [3.05, 3.63) is 42.7 Å². The molecule has 3 nitrogen and oxygen atoms in total. The van der Waals surface area contributed by atoms with Crippen LogP contribution in [0.4, 0.5) is 5.69 Å². The number of hydrogen-bond acceptors (Lipinski definition) is 2. The van der Waals surface area contributed by atoms with Gasteiger partial charge < -0.3 is 5.32 Å². The van der Waals surface area contributed by atoms with Gasteiger partial charge in [-0.05, 0) is 30.7 Å². The van der Waals surface area contributed by atoms with Gasteiger partial charge in [0.25, 0.3) is 0 Å². The molecule has 0 radical (unpaired) electrons. The lowest BCUT2D eigenvalue weighted by atomic mass is 10.1. The van der Waals surface area contributed by atoms with E-state index in [0.29, 0.717) is 0 Å². The number of anilines is 1. The van der Waals surface area contributed by atoms with E-state index in [2.05, 4.69) is 41.6 Å².